The summed E-state index contributed by atoms with van der Waals surface area (Å²) in [4.78, 5) is 12.0. The maximum Gasteiger partial charge on any atom is 0.251 e. The average molecular weight is 336 g/mol. The van der Waals surface area contributed by atoms with Crippen molar-refractivity contribution in [3.05, 3.63) is 35.4 Å². The van der Waals surface area contributed by atoms with Gasteiger partial charge in [-0.05, 0) is 50.4 Å². The van der Waals surface area contributed by atoms with E-state index in [0.29, 0.717) is 18.7 Å². The largest absolute Gasteiger partial charge is 0.387 e. The Morgan fingerprint density at radius 2 is 2.04 bits per heavy atom. The molecular weight excluding hydrogens is 304 g/mol. The van der Waals surface area contributed by atoms with E-state index in [4.69, 9.17) is 4.74 Å². The molecule has 0 aliphatic heterocycles. The minimum absolute atomic E-state index is 0.0965. The van der Waals surface area contributed by atoms with E-state index in [1.165, 1.54) is 0 Å². The second-order valence-electron chi connectivity index (χ2n) is 6.07. The predicted octanol–water partition coefficient (Wildman–Crippen LogP) is 2.65. The van der Waals surface area contributed by atoms with Gasteiger partial charge < -0.3 is 20.5 Å². The van der Waals surface area contributed by atoms with E-state index in [-0.39, 0.29) is 12.0 Å². The highest BCUT2D eigenvalue weighted by Gasteiger charge is 2.11. The summed E-state index contributed by atoms with van der Waals surface area (Å²) in [6.07, 6.45) is 2.43. The Morgan fingerprint density at radius 1 is 1.25 bits per heavy atom. The zero-order valence-electron chi connectivity index (χ0n) is 15.2. The molecule has 1 aromatic carbocycles. The zero-order chi connectivity index (χ0) is 17.8. The summed E-state index contributed by atoms with van der Waals surface area (Å²) in [5.41, 5.74) is 1.34. The maximum absolute atomic E-state index is 12.0. The molecule has 0 saturated carbocycles. The molecule has 5 nitrogen and oxygen atoms in total. The quantitative estimate of drug-likeness (QED) is 0.513. The Kier molecular flexibility index (Phi) is 10.3. The molecule has 3 N–H and O–H groups in total. The van der Waals surface area contributed by atoms with Crippen LogP contribution in [0.5, 0.6) is 0 Å². The Hall–Kier alpha value is -1.43. The molecular formula is C19H32N2O3. The number of amides is 1. The number of hydrogen-bond acceptors (Lipinski definition) is 4. The molecule has 136 valence electrons. The van der Waals surface area contributed by atoms with Crippen molar-refractivity contribution < 1.29 is 14.6 Å². The van der Waals surface area contributed by atoms with Crippen LogP contribution < -0.4 is 10.6 Å². The van der Waals surface area contributed by atoms with Crippen LogP contribution in [0.1, 0.15) is 62.1 Å². The number of aliphatic hydroxyl groups excluding tert-OH is 1. The Labute approximate surface area is 145 Å². The highest BCUT2D eigenvalue weighted by molar-refractivity contribution is 5.94. The number of rotatable bonds is 12. The first kappa shape index (κ1) is 20.6. The van der Waals surface area contributed by atoms with Gasteiger partial charge in [-0.2, -0.15) is 0 Å². The molecule has 0 spiro atoms. The lowest BCUT2D eigenvalue weighted by atomic mass is 10.1. The van der Waals surface area contributed by atoms with Crippen molar-refractivity contribution in [3.8, 4) is 0 Å². The minimum Gasteiger partial charge on any atom is -0.387 e. The Bertz CT molecular complexity index is 479. The van der Waals surface area contributed by atoms with Crippen molar-refractivity contribution in [2.75, 3.05) is 26.2 Å². The van der Waals surface area contributed by atoms with Gasteiger partial charge in [0.2, 0.25) is 0 Å². The average Bonchev–Trinajstić information content (AvgIpc) is 2.61. The number of hydrogen-bond donors (Lipinski definition) is 3. The summed E-state index contributed by atoms with van der Waals surface area (Å²) in [7, 11) is 0. The molecule has 0 heterocycles. The Balaban J connectivity index is 2.39. The van der Waals surface area contributed by atoms with Gasteiger partial charge in [0.15, 0.2) is 0 Å². The molecule has 0 aliphatic rings. The normalized spacial score (nSPS) is 13.5. The van der Waals surface area contributed by atoms with Crippen LogP contribution in [0.2, 0.25) is 0 Å². The molecule has 1 rings (SSSR count). The third-order valence-corrected chi connectivity index (χ3v) is 3.74. The first-order valence-corrected chi connectivity index (χ1v) is 8.97. The Morgan fingerprint density at radius 3 is 2.75 bits per heavy atom. The summed E-state index contributed by atoms with van der Waals surface area (Å²) in [6.45, 7) is 8.87. The predicted molar refractivity (Wildman–Crippen MR) is 97.2 cm³/mol. The number of ether oxygens (including phenoxy) is 1. The maximum atomic E-state index is 12.0. The standard InChI is InChI=1S/C19H32N2O3/c1-4-10-21-19(23)17-8-6-7-16(13-17)18(22)14-20-11-9-15(3)24-12-5-2/h6-8,13,15,18,20,22H,4-5,9-12,14H2,1-3H3,(H,21,23). The molecule has 0 radical (unpaired) electrons. The summed E-state index contributed by atoms with van der Waals surface area (Å²) < 4.78 is 5.61. The van der Waals surface area contributed by atoms with Crippen LogP contribution in [0.25, 0.3) is 0 Å². The van der Waals surface area contributed by atoms with Crippen LogP contribution in [-0.4, -0.2) is 43.4 Å². The van der Waals surface area contributed by atoms with Crippen LogP contribution >= 0.6 is 0 Å². The molecule has 0 saturated heterocycles. The number of aliphatic hydroxyl groups is 1. The smallest absolute Gasteiger partial charge is 0.251 e. The third-order valence-electron chi connectivity index (χ3n) is 3.74. The minimum atomic E-state index is -0.629. The number of benzene rings is 1. The summed E-state index contributed by atoms with van der Waals surface area (Å²) in [5, 5.41) is 16.4. The molecule has 1 aromatic rings. The first-order valence-electron chi connectivity index (χ1n) is 8.97. The van der Waals surface area contributed by atoms with E-state index in [0.717, 1.165) is 38.0 Å². The second kappa shape index (κ2) is 12.0. The van der Waals surface area contributed by atoms with Crippen LogP contribution in [0.3, 0.4) is 0 Å². The van der Waals surface area contributed by atoms with Crippen molar-refractivity contribution in [2.24, 2.45) is 0 Å². The van der Waals surface area contributed by atoms with Gasteiger partial charge >= 0.3 is 0 Å². The fourth-order valence-corrected chi connectivity index (χ4v) is 2.29. The molecule has 0 aromatic heterocycles. The molecule has 0 aliphatic carbocycles. The lowest BCUT2D eigenvalue weighted by molar-refractivity contribution is 0.0600. The van der Waals surface area contributed by atoms with E-state index in [9.17, 15) is 9.90 Å². The van der Waals surface area contributed by atoms with Gasteiger partial charge in [-0.3, -0.25) is 4.79 Å². The second-order valence-corrected chi connectivity index (χ2v) is 6.07. The van der Waals surface area contributed by atoms with Gasteiger partial charge in [0.25, 0.3) is 5.91 Å². The number of carbonyl (C=O) groups is 1. The SMILES string of the molecule is CCCNC(=O)c1cccc(C(O)CNCCC(C)OCCC)c1. The fourth-order valence-electron chi connectivity index (χ4n) is 2.29. The lowest BCUT2D eigenvalue weighted by Crippen LogP contribution is -2.26. The van der Waals surface area contributed by atoms with E-state index in [2.05, 4.69) is 24.5 Å². The van der Waals surface area contributed by atoms with E-state index < -0.39 is 6.10 Å². The van der Waals surface area contributed by atoms with E-state index in [1.807, 2.05) is 13.0 Å². The van der Waals surface area contributed by atoms with Crippen LogP contribution in [0.4, 0.5) is 0 Å². The lowest BCUT2D eigenvalue weighted by Gasteiger charge is -2.15. The highest BCUT2D eigenvalue weighted by Crippen LogP contribution is 2.14. The zero-order valence-corrected chi connectivity index (χ0v) is 15.2. The summed E-state index contributed by atoms with van der Waals surface area (Å²) >= 11 is 0. The molecule has 5 heteroatoms. The van der Waals surface area contributed by atoms with Crippen molar-refractivity contribution in [2.45, 2.75) is 52.2 Å². The molecule has 0 fully saturated rings. The van der Waals surface area contributed by atoms with Crippen LogP contribution in [-0.2, 0) is 4.74 Å². The van der Waals surface area contributed by atoms with Crippen molar-refractivity contribution in [1.82, 2.24) is 10.6 Å². The van der Waals surface area contributed by atoms with Gasteiger partial charge in [0.05, 0.1) is 12.2 Å². The molecule has 24 heavy (non-hydrogen) atoms. The van der Waals surface area contributed by atoms with Gasteiger partial charge in [-0.25, -0.2) is 0 Å². The molecule has 1 amide bonds. The van der Waals surface area contributed by atoms with Gasteiger partial charge in [-0.15, -0.1) is 0 Å². The molecule has 2 unspecified atom stereocenters. The first-order chi connectivity index (χ1) is 11.6. The highest BCUT2D eigenvalue weighted by atomic mass is 16.5. The van der Waals surface area contributed by atoms with Crippen molar-refractivity contribution in [1.29, 1.82) is 0 Å². The molecule has 2 atom stereocenters. The third kappa shape index (κ3) is 7.90. The summed E-state index contributed by atoms with van der Waals surface area (Å²) in [6, 6.07) is 7.17. The number of carbonyl (C=O) groups excluding carboxylic acids is 1. The number of nitrogens with one attached hydrogen (secondary N) is 2. The van der Waals surface area contributed by atoms with Crippen LogP contribution in [0, 0.1) is 0 Å². The van der Waals surface area contributed by atoms with Crippen molar-refractivity contribution >= 4 is 5.91 Å². The molecule has 0 bridgehead atoms. The summed E-state index contributed by atoms with van der Waals surface area (Å²) in [5.74, 6) is -0.0965. The monoisotopic (exact) mass is 336 g/mol. The van der Waals surface area contributed by atoms with Gasteiger partial charge in [0, 0.05) is 25.3 Å². The van der Waals surface area contributed by atoms with Gasteiger partial charge in [0.1, 0.15) is 0 Å². The topological polar surface area (TPSA) is 70.6 Å². The fraction of sp³-hybridized carbons (Fsp3) is 0.632. The van der Waals surface area contributed by atoms with E-state index >= 15 is 0 Å². The van der Waals surface area contributed by atoms with E-state index in [1.54, 1.807) is 18.2 Å². The van der Waals surface area contributed by atoms with Crippen LogP contribution in [0.15, 0.2) is 24.3 Å². The van der Waals surface area contributed by atoms with Crippen molar-refractivity contribution in [3.63, 3.8) is 0 Å². The van der Waals surface area contributed by atoms with Gasteiger partial charge in [-0.1, -0.05) is 26.0 Å².